The molecule has 1 aromatic carbocycles. The van der Waals surface area contributed by atoms with E-state index in [1.54, 1.807) is 7.11 Å². The van der Waals surface area contributed by atoms with Gasteiger partial charge in [0.25, 0.3) is 0 Å². The lowest BCUT2D eigenvalue weighted by Gasteiger charge is -2.23. The molecule has 2 N–H and O–H groups in total. The number of aliphatic hydroxyl groups excluding tert-OH is 1. The van der Waals surface area contributed by atoms with Gasteiger partial charge < -0.3 is 15.2 Å². The van der Waals surface area contributed by atoms with E-state index in [4.69, 9.17) is 9.84 Å². The van der Waals surface area contributed by atoms with Crippen molar-refractivity contribution in [1.29, 1.82) is 0 Å². The van der Waals surface area contributed by atoms with Gasteiger partial charge in [-0.05, 0) is 36.0 Å². The van der Waals surface area contributed by atoms with Gasteiger partial charge in [0.1, 0.15) is 5.75 Å². The van der Waals surface area contributed by atoms with Gasteiger partial charge in [-0.25, -0.2) is 0 Å². The topological polar surface area (TPSA) is 58.6 Å². The van der Waals surface area contributed by atoms with Crippen LogP contribution in [0.4, 0.5) is 0 Å². The van der Waals surface area contributed by atoms with Crippen LogP contribution in [0.5, 0.6) is 5.75 Å². The molecular weight excluding hydrogens is 254 g/mol. The molecule has 0 saturated heterocycles. The second-order valence-corrected chi connectivity index (χ2v) is 5.77. The summed E-state index contributed by atoms with van der Waals surface area (Å²) in [5.41, 5.74) is 1.02. The highest BCUT2D eigenvalue weighted by Crippen LogP contribution is 2.18. The zero-order chi connectivity index (χ0) is 15.0. The van der Waals surface area contributed by atoms with Crippen molar-refractivity contribution in [3.63, 3.8) is 0 Å². The maximum absolute atomic E-state index is 11.8. The summed E-state index contributed by atoms with van der Waals surface area (Å²) in [5, 5.41) is 11.9. The summed E-state index contributed by atoms with van der Waals surface area (Å²) in [6, 6.07) is 7.76. The number of hydrogen-bond acceptors (Lipinski definition) is 3. The Morgan fingerprint density at radius 3 is 2.80 bits per heavy atom. The summed E-state index contributed by atoms with van der Waals surface area (Å²) in [7, 11) is 1.63. The lowest BCUT2D eigenvalue weighted by atomic mass is 9.90. The van der Waals surface area contributed by atoms with E-state index in [2.05, 4.69) is 5.32 Å². The van der Waals surface area contributed by atoms with Crippen molar-refractivity contribution >= 4 is 5.91 Å². The summed E-state index contributed by atoms with van der Waals surface area (Å²) in [6.07, 6.45) is 1.84. The third kappa shape index (κ3) is 6.06. The van der Waals surface area contributed by atoms with E-state index in [1.165, 1.54) is 0 Å². The Bertz CT molecular complexity index is 429. The second kappa shape index (κ2) is 7.90. The molecule has 0 fully saturated rings. The molecule has 0 atom stereocenters. The maximum Gasteiger partial charge on any atom is 0.220 e. The van der Waals surface area contributed by atoms with Crippen LogP contribution >= 0.6 is 0 Å². The molecule has 112 valence electrons. The fourth-order valence-corrected chi connectivity index (χ4v) is 1.90. The first-order chi connectivity index (χ1) is 9.46. The molecule has 4 nitrogen and oxygen atoms in total. The van der Waals surface area contributed by atoms with Crippen molar-refractivity contribution in [3.8, 4) is 5.75 Å². The SMILES string of the molecule is COc1cccc(CCC(=O)NCC(C)(C)CCO)c1. The van der Waals surface area contributed by atoms with Gasteiger partial charge in [0, 0.05) is 19.6 Å². The van der Waals surface area contributed by atoms with Gasteiger partial charge in [-0.3, -0.25) is 4.79 Å². The molecule has 0 bridgehead atoms. The van der Waals surface area contributed by atoms with Gasteiger partial charge in [0.15, 0.2) is 0 Å². The zero-order valence-electron chi connectivity index (χ0n) is 12.6. The number of benzene rings is 1. The number of hydrogen-bond donors (Lipinski definition) is 2. The molecule has 0 aliphatic rings. The van der Waals surface area contributed by atoms with Gasteiger partial charge in [0.05, 0.1) is 7.11 Å². The van der Waals surface area contributed by atoms with Crippen LogP contribution in [-0.4, -0.2) is 31.3 Å². The normalized spacial score (nSPS) is 11.2. The molecule has 20 heavy (non-hydrogen) atoms. The fraction of sp³-hybridized carbons (Fsp3) is 0.562. The van der Waals surface area contributed by atoms with Crippen molar-refractivity contribution in [3.05, 3.63) is 29.8 Å². The van der Waals surface area contributed by atoms with Crippen LogP contribution in [0.1, 0.15) is 32.3 Å². The third-order valence-electron chi connectivity index (χ3n) is 3.33. The predicted molar refractivity (Wildman–Crippen MR) is 79.8 cm³/mol. The first-order valence-electron chi connectivity index (χ1n) is 6.97. The van der Waals surface area contributed by atoms with E-state index in [0.29, 0.717) is 25.8 Å². The summed E-state index contributed by atoms with van der Waals surface area (Å²) >= 11 is 0. The summed E-state index contributed by atoms with van der Waals surface area (Å²) in [6.45, 7) is 4.80. The Hall–Kier alpha value is -1.55. The van der Waals surface area contributed by atoms with Crippen LogP contribution in [0, 0.1) is 5.41 Å². The van der Waals surface area contributed by atoms with Crippen molar-refractivity contribution in [2.75, 3.05) is 20.3 Å². The number of amides is 1. The second-order valence-electron chi connectivity index (χ2n) is 5.77. The average molecular weight is 279 g/mol. The highest BCUT2D eigenvalue weighted by molar-refractivity contribution is 5.76. The molecule has 1 amide bonds. The minimum atomic E-state index is -0.0691. The monoisotopic (exact) mass is 279 g/mol. The zero-order valence-corrected chi connectivity index (χ0v) is 12.6. The third-order valence-corrected chi connectivity index (χ3v) is 3.33. The van der Waals surface area contributed by atoms with E-state index in [1.807, 2.05) is 38.1 Å². The van der Waals surface area contributed by atoms with E-state index in [0.717, 1.165) is 11.3 Å². The van der Waals surface area contributed by atoms with E-state index < -0.39 is 0 Å². The number of nitrogens with one attached hydrogen (secondary N) is 1. The van der Waals surface area contributed by atoms with Crippen LogP contribution in [0.3, 0.4) is 0 Å². The molecule has 4 heteroatoms. The Balaban J connectivity index is 2.36. The number of methoxy groups -OCH3 is 1. The number of aliphatic hydroxyl groups is 1. The highest BCUT2D eigenvalue weighted by Gasteiger charge is 2.17. The number of rotatable bonds is 8. The molecular formula is C16H25NO3. The summed E-state index contributed by atoms with van der Waals surface area (Å²) in [5.74, 6) is 0.853. The van der Waals surface area contributed by atoms with E-state index >= 15 is 0 Å². The molecule has 0 spiro atoms. The lowest BCUT2D eigenvalue weighted by molar-refractivity contribution is -0.121. The Labute approximate surface area is 121 Å². The Kier molecular flexibility index (Phi) is 6.52. The molecule has 0 unspecified atom stereocenters. The summed E-state index contributed by atoms with van der Waals surface area (Å²) < 4.78 is 5.16. The largest absolute Gasteiger partial charge is 0.497 e. The summed E-state index contributed by atoms with van der Waals surface area (Å²) in [4.78, 5) is 11.8. The molecule has 0 aliphatic carbocycles. The van der Waals surface area contributed by atoms with E-state index in [9.17, 15) is 4.79 Å². The van der Waals surface area contributed by atoms with Gasteiger partial charge in [0.2, 0.25) is 5.91 Å². The number of ether oxygens (including phenoxy) is 1. The molecule has 0 aliphatic heterocycles. The number of carbonyl (C=O) groups excluding carboxylic acids is 1. The van der Waals surface area contributed by atoms with Gasteiger partial charge in [-0.1, -0.05) is 26.0 Å². The predicted octanol–water partition coefficient (Wildman–Crippen LogP) is 2.15. The van der Waals surface area contributed by atoms with Crippen LogP contribution in [0.15, 0.2) is 24.3 Å². The van der Waals surface area contributed by atoms with E-state index in [-0.39, 0.29) is 17.9 Å². The van der Waals surface area contributed by atoms with Crippen molar-refractivity contribution in [1.82, 2.24) is 5.32 Å². The van der Waals surface area contributed by atoms with Crippen LogP contribution in [0.25, 0.3) is 0 Å². The van der Waals surface area contributed by atoms with Crippen molar-refractivity contribution < 1.29 is 14.6 Å². The first kappa shape index (κ1) is 16.5. The van der Waals surface area contributed by atoms with Gasteiger partial charge >= 0.3 is 0 Å². The van der Waals surface area contributed by atoms with Crippen molar-refractivity contribution in [2.24, 2.45) is 5.41 Å². The minimum Gasteiger partial charge on any atom is -0.497 e. The molecule has 1 aromatic rings. The Morgan fingerprint density at radius 1 is 1.40 bits per heavy atom. The Morgan fingerprint density at radius 2 is 2.15 bits per heavy atom. The standard InChI is InChI=1S/C16H25NO3/c1-16(2,9-10-18)12-17-15(19)8-7-13-5-4-6-14(11-13)20-3/h4-6,11,18H,7-10,12H2,1-3H3,(H,17,19). The highest BCUT2D eigenvalue weighted by atomic mass is 16.5. The lowest BCUT2D eigenvalue weighted by Crippen LogP contribution is -2.34. The van der Waals surface area contributed by atoms with Crippen molar-refractivity contribution in [2.45, 2.75) is 33.1 Å². The van der Waals surface area contributed by atoms with Crippen LogP contribution in [0.2, 0.25) is 0 Å². The van der Waals surface area contributed by atoms with Crippen LogP contribution in [-0.2, 0) is 11.2 Å². The molecule has 0 aromatic heterocycles. The molecule has 0 radical (unpaired) electrons. The minimum absolute atomic E-state index is 0.0406. The molecule has 0 saturated carbocycles. The van der Waals surface area contributed by atoms with Gasteiger partial charge in [-0.2, -0.15) is 0 Å². The average Bonchev–Trinajstić information content (AvgIpc) is 2.43. The quantitative estimate of drug-likeness (QED) is 0.766. The first-order valence-corrected chi connectivity index (χ1v) is 6.97. The molecule has 1 rings (SSSR count). The van der Waals surface area contributed by atoms with Crippen LogP contribution < -0.4 is 10.1 Å². The smallest absolute Gasteiger partial charge is 0.220 e. The maximum atomic E-state index is 11.8. The number of carbonyl (C=O) groups is 1. The van der Waals surface area contributed by atoms with Gasteiger partial charge in [-0.15, -0.1) is 0 Å². The molecule has 0 heterocycles. The fourth-order valence-electron chi connectivity index (χ4n) is 1.90. The number of aryl methyl sites for hydroxylation is 1.